The zero-order valence-corrected chi connectivity index (χ0v) is 10.4. The number of carbonyl (C=O) groups excluding carboxylic acids is 1. The Bertz CT molecular complexity index is 419. The van der Waals surface area contributed by atoms with Crippen molar-refractivity contribution >= 4 is 11.7 Å². The molecular weight excluding hydrogens is 234 g/mol. The molecule has 0 aliphatic carbocycles. The Balaban J connectivity index is 1.78. The summed E-state index contributed by atoms with van der Waals surface area (Å²) in [5, 5.41) is 2.99. The molecule has 1 N–H and O–H groups in total. The summed E-state index contributed by atoms with van der Waals surface area (Å²) in [5.41, 5.74) is 0.812. The summed E-state index contributed by atoms with van der Waals surface area (Å²) in [4.78, 5) is 11.4. The molecule has 98 valence electrons. The first kappa shape index (κ1) is 12.5. The third kappa shape index (κ3) is 3.29. The van der Waals surface area contributed by atoms with Crippen molar-refractivity contribution in [3.8, 4) is 11.5 Å². The van der Waals surface area contributed by atoms with Gasteiger partial charge in [0.15, 0.2) is 11.5 Å². The molecule has 0 radical (unpaired) electrons. The van der Waals surface area contributed by atoms with Crippen LogP contribution in [0.5, 0.6) is 11.5 Å². The number of hydrogen-bond donors (Lipinski definition) is 1. The van der Waals surface area contributed by atoms with Crippen molar-refractivity contribution in [3.63, 3.8) is 0 Å². The van der Waals surface area contributed by atoms with Crippen LogP contribution in [-0.2, 0) is 9.53 Å². The van der Waals surface area contributed by atoms with Gasteiger partial charge in [0.1, 0.15) is 6.54 Å². The molecule has 5 heteroatoms. The van der Waals surface area contributed by atoms with E-state index in [0.717, 1.165) is 24.3 Å². The maximum absolute atomic E-state index is 11.4. The molecule has 0 amide bonds. The monoisotopic (exact) mass is 251 g/mol. The van der Waals surface area contributed by atoms with Gasteiger partial charge in [-0.15, -0.1) is 0 Å². The molecule has 0 atom stereocenters. The van der Waals surface area contributed by atoms with Crippen molar-refractivity contribution in [1.29, 1.82) is 0 Å². The van der Waals surface area contributed by atoms with E-state index < -0.39 is 0 Å². The molecule has 1 aliphatic heterocycles. The van der Waals surface area contributed by atoms with Gasteiger partial charge in [-0.05, 0) is 18.6 Å². The van der Waals surface area contributed by atoms with E-state index in [-0.39, 0.29) is 19.3 Å². The predicted octanol–water partition coefficient (Wildman–Crippen LogP) is 2.17. The number of benzene rings is 1. The van der Waals surface area contributed by atoms with E-state index in [0.29, 0.717) is 12.4 Å². The van der Waals surface area contributed by atoms with Gasteiger partial charge < -0.3 is 19.5 Å². The lowest BCUT2D eigenvalue weighted by atomic mass is 10.3. The Morgan fingerprint density at radius 2 is 2.22 bits per heavy atom. The van der Waals surface area contributed by atoms with Gasteiger partial charge in [-0.2, -0.15) is 0 Å². The van der Waals surface area contributed by atoms with Gasteiger partial charge in [0.25, 0.3) is 0 Å². The number of rotatable bonds is 6. The lowest BCUT2D eigenvalue weighted by Crippen LogP contribution is -2.17. The molecule has 0 fully saturated rings. The van der Waals surface area contributed by atoms with E-state index in [1.54, 1.807) is 0 Å². The second-order valence-electron chi connectivity index (χ2n) is 4.00. The van der Waals surface area contributed by atoms with E-state index in [9.17, 15) is 4.79 Å². The van der Waals surface area contributed by atoms with Crippen molar-refractivity contribution in [2.24, 2.45) is 0 Å². The average molecular weight is 251 g/mol. The molecule has 5 nitrogen and oxygen atoms in total. The van der Waals surface area contributed by atoms with Crippen molar-refractivity contribution in [2.45, 2.75) is 19.8 Å². The van der Waals surface area contributed by atoms with E-state index in [2.05, 4.69) is 12.2 Å². The number of ether oxygens (including phenoxy) is 3. The number of carbonyl (C=O) groups is 1. The highest BCUT2D eigenvalue weighted by Crippen LogP contribution is 2.34. The molecule has 0 aromatic heterocycles. The average Bonchev–Trinajstić information content (AvgIpc) is 2.84. The summed E-state index contributed by atoms with van der Waals surface area (Å²) < 4.78 is 15.5. The minimum absolute atomic E-state index is 0.156. The Hall–Kier alpha value is -1.91. The van der Waals surface area contributed by atoms with Gasteiger partial charge >= 0.3 is 5.97 Å². The third-order valence-corrected chi connectivity index (χ3v) is 2.57. The fraction of sp³-hybridized carbons (Fsp3) is 0.462. The normalized spacial score (nSPS) is 12.3. The van der Waals surface area contributed by atoms with Crippen LogP contribution >= 0.6 is 0 Å². The standard InChI is InChI=1S/C13H17NO4/c1-2-3-6-16-13(15)8-14-10-4-5-11-12(7-10)18-9-17-11/h4-5,7,14H,2-3,6,8-9H2,1H3. The summed E-state index contributed by atoms with van der Waals surface area (Å²) in [6.45, 7) is 2.94. The molecule has 0 saturated carbocycles. The fourth-order valence-corrected chi connectivity index (χ4v) is 1.56. The lowest BCUT2D eigenvalue weighted by molar-refractivity contribution is -0.141. The van der Waals surface area contributed by atoms with Gasteiger partial charge in [0, 0.05) is 11.8 Å². The SMILES string of the molecule is CCCCOC(=O)CNc1ccc2c(c1)OCO2. The van der Waals surface area contributed by atoms with Gasteiger partial charge in [0.05, 0.1) is 6.61 Å². The molecule has 18 heavy (non-hydrogen) atoms. The maximum Gasteiger partial charge on any atom is 0.325 e. The van der Waals surface area contributed by atoms with Crippen molar-refractivity contribution in [1.82, 2.24) is 0 Å². The summed E-state index contributed by atoms with van der Waals surface area (Å²) in [7, 11) is 0. The first-order valence-corrected chi connectivity index (χ1v) is 6.08. The van der Waals surface area contributed by atoms with Crippen molar-refractivity contribution in [2.75, 3.05) is 25.3 Å². The summed E-state index contributed by atoms with van der Waals surface area (Å²) >= 11 is 0. The first-order valence-electron chi connectivity index (χ1n) is 6.08. The maximum atomic E-state index is 11.4. The highest BCUT2D eigenvalue weighted by atomic mass is 16.7. The third-order valence-electron chi connectivity index (χ3n) is 2.57. The highest BCUT2D eigenvalue weighted by Gasteiger charge is 2.13. The van der Waals surface area contributed by atoms with Crippen LogP contribution in [0.3, 0.4) is 0 Å². The smallest absolute Gasteiger partial charge is 0.325 e. The number of fused-ring (bicyclic) bond motifs is 1. The Kier molecular flexibility index (Phi) is 4.28. The molecule has 1 aromatic rings. The number of esters is 1. The zero-order chi connectivity index (χ0) is 12.8. The number of anilines is 1. The molecule has 0 saturated heterocycles. The van der Waals surface area contributed by atoms with E-state index >= 15 is 0 Å². The lowest BCUT2D eigenvalue weighted by Gasteiger charge is -2.07. The van der Waals surface area contributed by atoms with Crippen LogP contribution in [0, 0.1) is 0 Å². The van der Waals surface area contributed by atoms with Crippen LogP contribution in [0.25, 0.3) is 0 Å². The molecule has 1 aromatic carbocycles. The Morgan fingerprint density at radius 3 is 3.06 bits per heavy atom. The minimum atomic E-state index is -0.249. The number of hydrogen-bond acceptors (Lipinski definition) is 5. The highest BCUT2D eigenvalue weighted by molar-refractivity contribution is 5.75. The molecule has 0 bridgehead atoms. The quantitative estimate of drug-likeness (QED) is 0.620. The molecule has 0 spiro atoms. The summed E-state index contributed by atoms with van der Waals surface area (Å²) in [6, 6.07) is 5.46. The summed E-state index contributed by atoms with van der Waals surface area (Å²) in [5.74, 6) is 1.17. The topological polar surface area (TPSA) is 56.8 Å². The van der Waals surface area contributed by atoms with Gasteiger partial charge in [-0.3, -0.25) is 4.79 Å². The molecule has 1 aliphatic rings. The second-order valence-corrected chi connectivity index (χ2v) is 4.00. The molecule has 1 heterocycles. The largest absolute Gasteiger partial charge is 0.464 e. The van der Waals surface area contributed by atoms with Gasteiger partial charge in [0.2, 0.25) is 6.79 Å². The van der Waals surface area contributed by atoms with Crippen LogP contribution in [0.15, 0.2) is 18.2 Å². The zero-order valence-electron chi connectivity index (χ0n) is 10.4. The molecule has 0 unspecified atom stereocenters. The predicted molar refractivity (Wildman–Crippen MR) is 66.9 cm³/mol. The van der Waals surface area contributed by atoms with Crippen LogP contribution in [0.2, 0.25) is 0 Å². The summed E-state index contributed by atoms with van der Waals surface area (Å²) in [6.07, 6.45) is 1.92. The first-order chi connectivity index (χ1) is 8.79. The van der Waals surface area contributed by atoms with Crippen molar-refractivity contribution < 1.29 is 19.0 Å². The molecule has 2 rings (SSSR count). The van der Waals surface area contributed by atoms with Crippen LogP contribution in [0.4, 0.5) is 5.69 Å². The van der Waals surface area contributed by atoms with Crippen LogP contribution in [-0.4, -0.2) is 25.9 Å². The number of nitrogens with one attached hydrogen (secondary N) is 1. The Morgan fingerprint density at radius 1 is 1.39 bits per heavy atom. The van der Waals surface area contributed by atoms with Crippen LogP contribution < -0.4 is 14.8 Å². The van der Waals surface area contributed by atoms with Crippen LogP contribution in [0.1, 0.15) is 19.8 Å². The Labute approximate surface area is 106 Å². The molecular formula is C13H17NO4. The van der Waals surface area contributed by atoms with E-state index in [4.69, 9.17) is 14.2 Å². The minimum Gasteiger partial charge on any atom is -0.464 e. The van der Waals surface area contributed by atoms with Gasteiger partial charge in [-0.1, -0.05) is 13.3 Å². The van der Waals surface area contributed by atoms with E-state index in [1.807, 2.05) is 18.2 Å². The number of unbranched alkanes of at least 4 members (excludes halogenated alkanes) is 1. The van der Waals surface area contributed by atoms with Gasteiger partial charge in [-0.25, -0.2) is 0 Å². The second kappa shape index (κ2) is 6.14. The fourth-order valence-electron chi connectivity index (χ4n) is 1.56. The van der Waals surface area contributed by atoms with Crippen molar-refractivity contribution in [3.05, 3.63) is 18.2 Å². The van der Waals surface area contributed by atoms with E-state index in [1.165, 1.54) is 0 Å².